The van der Waals surface area contributed by atoms with Gasteiger partial charge in [-0.3, -0.25) is 0 Å². The van der Waals surface area contributed by atoms with Gasteiger partial charge in [-0.1, -0.05) is 42.0 Å². The molecule has 0 unspecified atom stereocenters. The Labute approximate surface area is 193 Å². The number of thiophene rings is 1. The lowest BCUT2D eigenvalue weighted by Crippen LogP contribution is -2.08. The number of carboxylic acid groups (broad SMARTS) is 1. The molecule has 0 saturated heterocycles. The molecule has 0 saturated carbocycles. The Morgan fingerprint density at radius 2 is 1.85 bits per heavy atom. The molecule has 5 rings (SSSR count). The van der Waals surface area contributed by atoms with Gasteiger partial charge in [0, 0.05) is 28.9 Å². The zero-order valence-corrected chi connectivity index (χ0v) is 18.8. The highest BCUT2D eigenvalue weighted by Crippen LogP contribution is 2.36. The van der Waals surface area contributed by atoms with Crippen LogP contribution in [0.25, 0.3) is 27.3 Å². The van der Waals surface area contributed by atoms with E-state index in [1.165, 1.54) is 11.3 Å². The Bertz CT molecular complexity index is 1440. The van der Waals surface area contributed by atoms with E-state index >= 15 is 0 Å². The molecule has 0 amide bonds. The van der Waals surface area contributed by atoms with Crippen LogP contribution in [0.15, 0.2) is 73.1 Å². The van der Waals surface area contributed by atoms with Crippen molar-refractivity contribution >= 4 is 28.6 Å². The number of carboxylic acids is 1. The first kappa shape index (κ1) is 20.7. The van der Waals surface area contributed by atoms with E-state index in [0.717, 1.165) is 38.5 Å². The number of fused-ring (bicyclic) bond motifs is 1. The van der Waals surface area contributed by atoms with Crippen molar-refractivity contribution in [2.24, 2.45) is 0 Å². The molecule has 5 aromatic rings. The van der Waals surface area contributed by atoms with Gasteiger partial charge in [-0.2, -0.15) is 5.10 Å². The maximum absolute atomic E-state index is 11.8. The lowest BCUT2D eigenvalue weighted by atomic mass is 10.1. The van der Waals surface area contributed by atoms with Gasteiger partial charge in [-0.15, -0.1) is 11.3 Å². The second-order valence-electron chi connectivity index (χ2n) is 7.66. The molecule has 0 radical (unpaired) electrons. The molecule has 0 aliphatic rings. The molecular weight excluding hydrogens is 436 g/mol. The Morgan fingerprint density at radius 3 is 2.58 bits per heavy atom. The summed E-state index contributed by atoms with van der Waals surface area (Å²) in [6.45, 7) is 3.96. The third-order valence-electron chi connectivity index (χ3n) is 5.23. The van der Waals surface area contributed by atoms with E-state index in [2.05, 4.69) is 15.6 Å². The van der Waals surface area contributed by atoms with E-state index in [1.54, 1.807) is 16.8 Å². The number of benzene rings is 2. The van der Waals surface area contributed by atoms with Crippen LogP contribution in [0.1, 0.15) is 20.8 Å². The van der Waals surface area contributed by atoms with Crippen LogP contribution >= 0.6 is 11.3 Å². The summed E-state index contributed by atoms with van der Waals surface area (Å²) in [5.41, 5.74) is 8.80. The number of aryl methyl sites for hydroxylation is 2. The zero-order valence-electron chi connectivity index (χ0n) is 17.9. The fraction of sp³-hybridized carbons (Fsp3) is 0.0800. The van der Waals surface area contributed by atoms with Gasteiger partial charge in [0.25, 0.3) is 0 Å². The number of nitrogens with zero attached hydrogens (tertiary/aromatic N) is 3. The minimum absolute atomic E-state index is 0.185. The third-order valence-corrected chi connectivity index (χ3v) is 6.40. The van der Waals surface area contributed by atoms with Gasteiger partial charge in [0.15, 0.2) is 11.4 Å². The topological polar surface area (TPSA) is 88.8 Å². The first-order valence-corrected chi connectivity index (χ1v) is 11.1. The molecule has 3 heterocycles. The van der Waals surface area contributed by atoms with Crippen LogP contribution in [0, 0.1) is 13.8 Å². The van der Waals surface area contributed by atoms with Gasteiger partial charge < -0.3 is 9.94 Å². The predicted molar refractivity (Wildman–Crippen MR) is 129 cm³/mol. The van der Waals surface area contributed by atoms with E-state index in [-0.39, 0.29) is 4.88 Å². The minimum Gasteiger partial charge on any atom is -0.477 e. The van der Waals surface area contributed by atoms with Crippen molar-refractivity contribution in [2.45, 2.75) is 13.8 Å². The molecule has 8 heteroatoms. The molecule has 0 bridgehead atoms. The highest BCUT2D eigenvalue weighted by molar-refractivity contribution is 7.18. The van der Waals surface area contributed by atoms with E-state index in [1.807, 2.05) is 74.6 Å². The smallest absolute Gasteiger partial charge is 0.348 e. The summed E-state index contributed by atoms with van der Waals surface area (Å²) in [4.78, 5) is 22.8. The summed E-state index contributed by atoms with van der Waals surface area (Å²) in [6.07, 6.45) is 3.59. The Morgan fingerprint density at radius 1 is 1.06 bits per heavy atom. The monoisotopic (exact) mass is 456 g/mol. The normalized spacial score (nSPS) is 11.0. The minimum atomic E-state index is -1.01. The first-order valence-electron chi connectivity index (χ1n) is 10.3. The number of aromatic carboxylic acids is 1. The van der Waals surface area contributed by atoms with Gasteiger partial charge in [0.05, 0.1) is 11.4 Å². The van der Waals surface area contributed by atoms with E-state index in [9.17, 15) is 9.90 Å². The number of anilines is 1. The average molecular weight is 457 g/mol. The summed E-state index contributed by atoms with van der Waals surface area (Å²) in [5.74, 6) is -0.359. The molecule has 33 heavy (non-hydrogen) atoms. The maximum Gasteiger partial charge on any atom is 0.348 e. The second kappa shape index (κ2) is 8.40. The van der Waals surface area contributed by atoms with Crippen molar-refractivity contribution in [3.05, 3.63) is 89.1 Å². The van der Waals surface area contributed by atoms with Gasteiger partial charge in [-0.25, -0.2) is 19.8 Å². The number of rotatable bonds is 6. The van der Waals surface area contributed by atoms with Crippen molar-refractivity contribution in [1.29, 1.82) is 0 Å². The predicted octanol–water partition coefficient (Wildman–Crippen LogP) is 5.85. The summed E-state index contributed by atoms with van der Waals surface area (Å²) >= 11 is 1.20. The third kappa shape index (κ3) is 4.16. The molecule has 0 atom stereocenters. The molecular formula is C25H20N4O3S. The molecule has 0 spiro atoms. The van der Waals surface area contributed by atoms with Crippen LogP contribution in [0.2, 0.25) is 0 Å². The van der Waals surface area contributed by atoms with Crippen molar-refractivity contribution in [3.8, 4) is 27.4 Å². The Hall–Kier alpha value is -4.17. The fourth-order valence-electron chi connectivity index (χ4n) is 3.57. The number of hydrogen-bond donors (Lipinski definition) is 2. The maximum atomic E-state index is 11.8. The Kier molecular flexibility index (Phi) is 5.27. The van der Waals surface area contributed by atoms with Crippen LogP contribution in [-0.2, 0) is 0 Å². The Balaban J connectivity index is 1.40. The van der Waals surface area contributed by atoms with E-state index in [0.29, 0.717) is 11.4 Å². The highest BCUT2D eigenvalue weighted by atomic mass is 32.1. The van der Waals surface area contributed by atoms with Gasteiger partial charge in [0.2, 0.25) is 0 Å². The van der Waals surface area contributed by atoms with Gasteiger partial charge in [0.1, 0.15) is 4.88 Å². The van der Waals surface area contributed by atoms with Crippen LogP contribution < -0.4 is 10.3 Å². The average Bonchev–Trinajstić information content (AvgIpc) is 3.43. The number of nitrogens with one attached hydrogen (secondary N) is 1. The largest absolute Gasteiger partial charge is 0.477 e. The van der Waals surface area contributed by atoms with E-state index in [4.69, 9.17) is 4.84 Å². The molecule has 0 aliphatic heterocycles. The summed E-state index contributed by atoms with van der Waals surface area (Å²) in [7, 11) is 0. The van der Waals surface area contributed by atoms with Crippen LogP contribution in [0.4, 0.5) is 5.69 Å². The van der Waals surface area contributed by atoms with Gasteiger partial charge >= 0.3 is 5.97 Å². The molecule has 2 N–H and O–H groups in total. The second-order valence-corrected chi connectivity index (χ2v) is 8.71. The quantitative estimate of drug-likeness (QED) is 0.312. The lowest BCUT2D eigenvalue weighted by Gasteiger charge is -2.10. The van der Waals surface area contributed by atoms with Crippen LogP contribution in [0.5, 0.6) is 5.75 Å². The molecule has 0 aliphatic carbocycles. The number of aromatic nitrogens is 3. The zero-order chi connectivity index (χ0) is 22.9. The van der Waals surface area contributed by atoms with Crippen molar-refractivity contribution < 1.29 is 14.7 Å². The molecule has 2 aromatic carbocycles. The molecule has 0 fully saturated rings. The summed E-state index contributed by atoms with van der Waals surface area (Å²) in [6, 6.07) is 19.2. The molecule has 7 nitrogen and oxygen atoms in total. The molecule has 164 valence electrons. The fourth-order valence-corrected chi connectivity index (χ4v) is 4.52. The van der Waals surface area contributed by atoms with Crippen molar-refractivity contribution in [3.63, 3.8) is 0 Å². The SMILES string of the molecule is Cc1ccc(ONc2cc(-c3ccc(-c4cc5ncccn5n4)cc3)sc2C(=O)O)c(C)c1. The summed E-state index contributed by atoms with van der Waals surface area (Å²) < 4.78 is 1.73. The van der Waals surface area contributed by atoms with Gasteiger partial charge in [-0.05, 0) is 43.2 Å². The van der Waals surface area contributed by atoms with E-state index < -0.39 is 5.97 Å². The lowest BCUT2D eigenvalue weighted by molar-refractivity contribution is 0.0702. The van der Waals surface area contributed by atoms with Crippen LogP contribution in [-0.4, -0.2) is 25.7 Å². The highest BCUT2D eigenvalue weighted by Gasteiger charge is 2.18. The number of hydrogen-bond acceptors (Lipinski definition) is 6. The number of carbonyl (C=O) groups is 1. The van der Waals surface area contributed by atoms with Crippen LogP contribution in [0.3, 0.4) is 0 Å². The van der Waals surface area contributed by atoms with Crippen molar-refractivity contribution in [1.82, 2.24) is 14.6 Å². The summed E-state index contributed by atoms with van der Waals surface area (Å²) in [5, 5.41) is 14.2. The van der Waals surface area contributed by atoms with Crippen molar-refractivity contribution in [2.75, 3.05) is 5.48 Å². The first-order chi connectivity index (χ1) is 16.0. The standard InChI is InChI=1S/C25H20N4O3S/c1-15-4-9-21(16(2)12-15)32-28-20-13-22(33-24(20)25(30)31)18-7-5-17(6-8-18)19-14-23-26-10-3-11-29(23)27-19/h3-14,28H,1-2H3,(H,30,31). The molecule has 3 aromatic heterocycles.